The number of aryl methyl sites for hydroxylation is 1. The van der Waals surface area contributed by atoms with Crippen LogP contribution in [0.3, 0.4) is 0 Å². The molecule has 1 heterocycles. The molecule has 1 saturated carbocycles. The lowest BCUT2D eigenvalue weighted by Gasteiger charge is -2.35. The number of amides is 1. The summed E-state index contributed by atoms with van der Waals surface area (Å²) < 4.78 is 0. The van der Waals surface area contributed by atoms with Crippen LogP contribution in [0.2, 0.25) is 0 Å². The second-order valence-corrected chi connectivity index (χ2v) is 5.75. The Bertz CT molecular complexity index is 525. The van der Waals surface area contributed by atoms with Gasteiger partial charge in [-0.05, 0) is 50.2 Å². The summed E-state index contributed by atoms with van der Waals surface area (Å²) >= 11 is 0. The van der Waals surface area contributed by atoms with Crippen LogP contribution in [0, 0.1) is 24.2 Å². The minimum absolute atomic E-state index is 0.197. The molecule has 0 bridgehead atoms. The van der Waals surface area contributed by atoms with Gasteiger partial charge in [-0.2, -0.15) is 5.26 Å². The molecular weight excluding hydrogens is 250 g/mol. The van der Waals surface area contributed by atoms with Gasteiger partial charge in [-0.15, -0.1) is 0 Å². The van der Waals surface area contributed by atoms with E-state index in [1.165, 1.54) is 0 Å². The highest BCUT2D eigenvalue weighted by Crippen LogP contribution is 2.33. The number of nitrogens with one attached hydrogen (secondary N) is 1. The molecule has 1 aromatic heterocycles. The lowest BCUT2D eigenvalue weighted by Crippen LogP contribution is -2.49. The standard InChI is InChI=1S/C16H21N3O/c1-3-13-4-6-16(11-17,7-5-13)19-15(20)14-8-12(2)9-18-10-14/h8-10,13H,3-7H2,1-2H3,(H,19,20). The Balaban J connectivity index is 2.07. The van der Waals surface area contributed by atoms with Crippen LogP contribution in [-0.2, 0) is 0 Å². The molecule has 0 radical (unpaired) electrons. The topological polar surface area (TPSA) is 65.8 Å². The van der Waals surface area contributed by atoms with Gasteiger partial charge < -0.3 is 5.32 Å². The highest BCUT2D eigenvalue weighted by atomic mass is 16.1. The smallest absolute Gasteiger partial charge is 0.254 e. The number of carbonyl (C=O) groups is 1. The highest BCUT2D eigenvalue weighted by Gasteiger charge is 2.36. The molecule has 1 N–H and O–H groups in total. The van der Waals surface area contributed by atoms with Crippen LogP contribution in [0.15, 0.2) is 18.5 Å². The van der Waals surface area contributed by atoms with Crippen LogP contribution < -0.4 is 5.32 Å². The monoisotopic (exact) mass is 271 g/mol. The third-order valence-corrected chi connectivity index (χ3v) is 4.24. The van der Waals surface area contributed by atoms with Gasteiger partial charge in [0, 0.05) is 12.4 Å². The summed E-state index contributed by atoms with van der Waals surface area (Å²) in [5.74, 6) is 0.492. The number of rotatable bonds is 3. The third-order valence-electron chi connectivity index (χ3n) is 4.24. The number of nitriles is 1. The summed E-state index contributed by atoms with van der Waals surface area (Å²) in [4.78, 5) is 16.3. The number of hydrogen-bond donors (Lipinski definition) is 1. The van der Waals surface area contributed by atoms with Crippen LogP contribution >= 0.6 is 0 Å². The molecule has 20 heavy (non-hydrogen) atoms. The maximum atomic E-state index is 12.3. The number of carbonyl (C=O) groups excluding carboxylic acids is 1. The maximum absolute atomic E-state index is 12.3. The van der Waals surface area contributed by atoms with Crippen molar-refractivity contribution in [3.63, 3.8) is 0 Å². The first-order chi connectivity index (χ1) is 9.58. The molecule has 0 spiro atoms. The Kier molecular flexibility index (Phi) is 4.39. The summed E-state index contributed by atoms with van der Waals surface area (Å²) in [7, 11) is 0. The van der Waals surface area contributed by atoms with Gasteiger partial charge in [-0.1, -0.05) is 13.3 Å². The van der Waals surface area contributed by atoms with Crippen molar-refractivity contribution in [1.29, 1.82) is 5.26 Å². The van der Waals surface area contributed by atoms with Gasteiger partial charge in [-0.25, -0.2) is 0 Å². The molecule has 1 aliphatic carbocycles. The van der Waals surface area contributed by atoms with Crippen molar-refractivity contribution in [1.82, 2.24) is 10.3 Å². The first-order valence-electron chi connectivity index (χ1n) is 7.24. The lowest BCUT2D eigenvalue weighted by atomic mass is 9.76. The van der Waals surface area contributed by atoms with E-state index in [0.717, 1.165) is 37.7 Å². The van der Waals surface area contributed by atoms with Gasteiger partial charge >= 0.3 is 0 Å². The Morgan fingerprint density at radius 3 is 2.75 bits per heavy atom. The van der Waals surface area contributed by atoms with E-state index >= 15 is 0 Å². The van der Waals surface area contributed by atoms with Crippen molar-refractivity contribution in [3.05, 3.63) is 29.6 Å². The summed E-state index contributed by atoms with van der Waals surface area (Å²) in [6, 6.07) is 4.12. The Morgan fingerprint density at radius 1 is 1.50 bits per heavy atom. The van der Waals surface area contributed by atoms with Crippen LogP contribution in [0.4, 0.5) is 0 Å². The molecule has 4 heteroatoms. The van der Waals surface area contributed by atoms with E-state index in [0.29, 0.717) is 11.5 Å². The average molecular weight is 271 g/mol. The Hall–Kier alpha value is -1.89. The number of hydrogen-bond acceptors (Lipinski definition) is 3. The van der Waals surface area contributed by atoms with Gasteiger partial charge in [0.15, 0.2) is 0 Å². The molecule has 2 rings (SSSR count). The van der Waals surface area contributed by atoms with Crippen LogP contribution in [0.5, 0.6) is 0 Å². The molecule has 1 amide bonds. The quantitative estimate of drug-likeness (QED) is 0.919. The Labute approximate surface area is 120 Å². The predicted molar refractivity (Wildman–Crippen MR) is 77.0 cm³/mol. The summed E-state index contributed by atoms with van der Waals surface area (Å²) in [5.41, 5.74) is 0.766. The number of aromatic nitrogens is 1. The van der Waals surface area contributed by atoms with Gasteiger partial charge in [0.1, 0.15) is 5.54 Å². The first kappa shape index (κ1) is 14.5. The van der Waals surface area contributed by atoms with Gasteiger partial charge in [0.2, 0.25) is 0 Å². The highest BCUT2D eigenvalue weighted by molar-refractivity contribution is 5.94. The zero-order valence-electron chi connectivity index (χ0n) is 12.1. The van der Waals surface area contributed by atoms with Crippen molar-refractivity contribution in [2.24, 2.45) is 5.92 Å². The summed E-state index contributed by atoms with van der Waals surface area (Å²) in [6.07, 6.45) is 7.92. The van der Waals surface area contributed by atoms with Crippen molar-refractivity contribution in [2.45, 2.75) is 51.5 Å². The fourth-order valence-electron chi connectivity index (χ4n) is 2.81. The molecule has 0 atom stereocenters. The van der Waals surface area contributed by atoms with Crippen molar-refractivity contribution in [3.8, 4) is 6.07 Å². The van der Waals surface area contributed by atoms with Gasteiger partial charge in [0.25, 0.3) is 5.91 Å². The van der Waals surface area contributed by atoms with E-state index < -0.39 is 5.54 Å². The van der Waals surface area contributed by atoms with E-state index in [-0.39, 0.29) is 5.91 Å². The van der Waals surface area contributed by atoms with E-state index in [1.54, 1.807) is 18.5 Å². The molecule has 0 unspecified atom stereocenters. The molecule has 1 aromatic rings. The van der Waals surface area contributed by atoms with Crippen molar-refractivity contribution in [2.75, 3.05) is 0 Å². The molecule has 106 valence electrons. The fourth-order valence-corrected chi connectivity index (χ4v) is 2.81. The molecule has 0 aliphatic heterocycles. The van der Waals surface area contributed by atoms with E-state index in [1.807, 2.05) is 6.92 Å². The molecule has 0 saturated heterocycles. The largest absolute Gasteiger partial charge is 0.334 e. The van der Waals surface area contributed by atoms with E-state index in [2.05, 4.69) is 23.3 Å². The second kappa shape index (κ2) is 6.04. The zero-order chi connectivity index (χ0) is 14.6. The molecule has 4 nitrogen and oxygen atoms in total. The van der Waals surface area contributed by atoms with Crippen molar-refractivity contribution < 1.29 is 4.79 Å². The lowest BCUT2D eigenvalue weighted by molar-refractivity contribution is 0.0890. The average Bonchev–Trinajstić information content (AvgIpc) is 2.48. The summed E-state index contributed by atoms with van der Waals surface area (Å²) in [6.45, 7) is 4.08. The van der Waals surface area contributed by atoms with Crippen LogP contribution in [-0.4, -0.2) is 16.4 Å². The molecule has 1 fully saturated rings. The minimum atomic E-state index is -0.702. The molecular formula is C16H21N3O. The van der Waals surface area contributed by atoms with E-state index in [4.69, 9.17) is 0 Å². The van der Waals surface area contributed by atoms with Crippen molar-refractivity contribution >= 4 is 5.91 Å². The summed E-state index contributed by atoms with van der Waals surface area (Å²) in [5, 5.41) is 12.4. The second-order valence-electron chi connectivity index (χ2n) is 5.75. The maximum Gasteiger partial charge on any atom is 0.254 e. The fraction of sp³-hybridized carbons (Fsp3) is 0.562. The zero-order valence-corrected chi connectivity index (χ0v) is 12.1. The van der Waals surface area contributed by atoms with Gasteiger partial charge in [-0.3, -0.25) is 9.78 Å². The normalized spacial score (nSPS) is 25.8. The van der Waals surface area contributed by atoms with Gasteiger partial charge in [0.05, 0.1) is 11.6 Å². The molecule has 0 aromatic carbocycles. The first-order valence-corrected chi connectivity index (χ1v) is 7.24. The number of nitrogens with zero attached hydrogens (tertiary/aromatic N) is 2. The minimum Gasteiger partial charge on any atom is -0.334 e. The van der Waals surface area contributed by atoms with E-state index in [9.17, 15) is 10.1 Å². The Morgan fingerprint density at radius 2 is 2.20 bits per heavy atom. The number of pyridine rings is 1. The molecule has 1 aliphatic rings. The SMILES string of the molecule is CCC1CCC(C#N)(NC(=O)c2cncc(C)c2)CC1. The van der Waals surface area contributed by atoms with Crippen LogP contribution in [0.1, 0.15) is 54.9 Å². The predicted octanol–water partition coefficient (Wildman–Crippen LogP) is 2.98. The third kappa shape index (κ3) is 3.16. The van der Waals surface area contributed by atoms with Crippen LogP contribution in [0.25, 0.3) is 0 Å².